The molecule has 0 spiro atoms. The van der Waals surface area contributed by atoms with Gasteiger partial charge in [0, 0.05) is 17.6 Å². The van der Waals surface area contributed by atoms with Crippen molar-refractivity contribution in [2.24, 2.45) is 0 Å². The maximum atomic E-state index is 5.90. The molecule has 0 amide bonds. The summed E-state index contributed by atoms with van der Waals surface area (Å²) in [4.78, 5) is 0. The van der Waals surface area contributed by atoms with Gasteiger partial charge in [-0.3, -0.25) is 0 Å². The van der Waals surface area contributed by atoms with E-state index in [0.717, 1.165) is 5.46 Å². The van der Waals surface area contributed by atoms with E-state index in [1.165, 1.54) is 0 Å². The van der Waals surface area contributed by atoms with Crippen molar-refractivity contribution in [3.8, 4) is 5.75 Å². The quantitative estimate of drug-likeness (QED) is 0.584. The molecule has 1 saturated heterocycles. The van der Waals surface area contributed by atoms with Crippen molar-refractivity contribution >= 4 is 24.2 Å². The Morgan fingerprint density at radius 2 is 2.12 bits per heavy atom. The molecule has 0 unspecified atom stereocenters. The lowest BCUT2D eigenvalue weighted by Crippen LogP contribution is -2.33. The average Bonchev–Trinajstić information content (AvgIpc) is 2.80. The zero-order chi connectivity index (χ0) is 11.4. The lowest BCUT2D eigenvalue weighted by Gasteiger charge is -2.12. The van der Waals surface area contributed by atoms with Gasteiger partial charge in [-0.2, -0.15) is 0 Å². The summed E-state index contributed by atoms with van der Waals surface area (Å²) >= 11 is 5.90. The van der Waals surface area contributed by atoms with Crippen LogP contribution in [-0.4, -0.2) is 34.2 Å². The van der Waals surface area contributed by atoms with Gasteiger partial charge in [-0.15, -0.1) is 0 Å². The second-order valence-electron chi connectivity index (χ2n) is 3.31. The van der Waals surface area contributed by atoms with Gasteiger partial charge in [0.15, 0.2) is 6.79 Å². The molecule has 4 nitrogen and oxygen atoms in total. The Morgan fingerprint density at radius 3 is 2.81 bits per heavy atom. The number of benzene rings is 1. The summed E-state index contributed by atoms with van der Waals surface area (Å²) in [5.74, 6) is 0.626. The molecule has 86 valence electrons. The zero-order valence-electron chi connectivity index (χ0n) is 8.94. The van der Waals surface area contributed by atoms with Gasteiger partial charge in [-0.1, -0.05) is 17.7 Å². The first-order valence-electron chi connectivity index (χ1n) is 4.95. The number of rotatable bonds is 4. The second-order valence-corrected chi connectivity index (χ2v) is 3.74. The first kappa shape index (κ1) is 11.7. The fraction of sp³-hybridized carbons (Fsp3) is 0.400. The van der Waals surface area contributed by atoms with E-state index in [4.69, 9.17) is 30.4 Å². The Hall–Kier alpha value is -0.745. The summed E-state index contributed by atoms with van der Waals surface area (Å²) in [6, 6.07) is 5.34. The van der Waals surface area contributed by atoms with E-state index in [-0.39, 0.29) is 13.9 Å². The minimum Gasteiger partial charge on any atom is -0.468 e. The van der Waals surface area contributed by atoms with Crippen LogP contribution >= 0.6 is 11.6 Å². The lowest BCUT2D eigenvalue weighted by atomic mass is 9.79. The van der Waals surface area contributed by atoms with Crippen molar-refractivity contribution in [1.82, 2.24) is 0 Å². The van der Waals surface area contributed by atoms with Gasteiger partial charge >= 0.3 is 7.12 Å². The van der Waals surface area contributed by atoms with Crippen LogP contribution in [0.2, 0.25) is 5.02 Å². The molecule has 1 aromatic rings. The predicted molar refractivity (Wildman–Crippen MR) is 61.2 cm³/mol. The number of ether oxygens (including phenoxy) is 2. The smallest absolute Gasteiger partial charge is 0.468 e. The molecule has 1 aliphatic heterocycles. The third kappa shape index (κ3) is 2.68. The molecule has 1 heterocycles. The highest BCUT2D eigenvalue weighted by Crippen LogP contribution is 2.18. The Labute approximate surface area is 99.5 Å². The fourth-order valence-corrected chi connectivity index (χ4v) is 1.65. The van der Waals surface area contributed by atoms with Crippen LogP contribution in [-0.2, 0) is 14.0 Å². The Kier molecular flexibility index (Phi) is 4.06. The number of hydrogen-bond acceptors (Lipinski definition) is 4. The van der Waals surface area contributed by atoms with Crippen molar-refractivity contribution in [1.29, 1.82) is 0 Å². The standard InChI is InChI=1S/C10H12BClO4/c1-13-7-14-10-6-8(12)2-3-9(10)11-15-4-5-16-11/h2-3,6H,4-5,7H2,1H3. The Bertz CT molecular complexity index is 355. The molecule has 0 aliphatic carbocycles. The predicted octanol–water partition coefficient (Wildman–Crippen LogP) is 1.06. The maximum Gasteiger partial charge on any atom is 0.497 e. The molecular formula is C10H12BClO4. The third-order valence-electron chi connectivity index (χ3n) is 2.18. The summed E-state index contributed by atoms with van der Waals surface area (Å²) in [5, 5.41) is 0.604. The van der Waals surface area contributed by atoms with Gasteiger partial charge in [0.25, 0.3) is 0 Å². The molecule has 0 bridgehead atoms. The largest absolute Gasteiger partial charge is 0.497 e. The molecule has 0 N–H and O–H groups in total. The SMILES string of the molecule is COCOc1cc(Cl)ccc1B1OCCO1. The van der Waals surface area contributed by atoms with Crippen LogP contribution in [0.5, 0.6) is 5.75 Å². The molecule has 1 aliphatic rings. The van der Waals surface area contributed by atoms with E-state index in [1.807, 2.05) is 6.07 Å². The molecule has 0 atom stereocenters. The van der Waals surface area contributed by atoms with Crippen LogP contribution in [0.4, 0.5) is 0 Å². The number of hydrogen-bond donors (Lipinski definition) is 0. The highest BCUT2D eigenvalue weighted by molar-refractivity contribution is 6.62. The van der Waals surface area contributed by atoms with Gasteiger partial charge in [-0.25, -0.2) is 0 Å². The molecule has 2 rings (SSSR count). The molecule has 0 aromatic heterocycles. The monoisotopic (exact) mass is 242 g/mol. The van der Waals surface area contributed by atoms with E-state index >= 15 is 0 Å². The van der Waals surface area contributed by atoms with Crippen molar-refractivity contribution in [3.63, 3.8) is 0 Å². The van der Waals surface area contributed by atoms with E-state index in [0.29, 0.717) is 24.0 Å². The number of methoxy groups -OCH3 is 1. The van der Waals surface area contributed by atoms with Gasteiger partial charge in [0.05, 0.1) is 13.2 Å². The average molecular weight is 242 g/mol. The highest BCUT2D eigenvalue weighted by Gasteiger charge is 2.29. The molecule has 16 heavy (non-hydrogen) atoms. The summed E-state index contributed by atoms with van der Waals surface area (Å²) in [5.41, 5.74) is 0.832. The molecule has 6 heteroatoms. The zero-order valence-corrected chi connectivity index (χ0v) is 9.70. The molecule has 1 aromatic carbocycles. The van der Waals surface area contributed by atoms with Crippen LogP contribution in [0.3, 0.4) is 0 Å². The fourth-order valence-electron chi connectivity index (χ4n) is 1.49. The molecule has 0 radical (unpaired) electrons. The van der Waals surface area contributed by atoms with Crippen LogP contribution in [0, 0.1) is 0 Å². The summed E-state index contributed by atoms with van der Waals surface area (Å²) in [6.07, 6.45) is 0. The van der Waals surface area contributed by atoms with Gasteiger partial charge < -0.3 is 18.8 Å². The van der Waals surface area contributed by atoms with Gasteiger partial charge in [0.1, 0.15) is 5.75 Å². The maximum absolute atomic E-state index is 5.90. The first-order chi connectivity index (χ1) is 7.81. The topological polar surface area (TPSA) is 36.9 Å². The van der Waals surface area contributed by atoms with E-state index in [1.54, 1.807) is 19.2 Å². The van der Waals surface area contributed by atoms with Crippen LogP contribution in [0.15, 0.2) is 18.2 Å². The Balaban J connectivity index is 2.20. The molecule has 0 saturated carbocycles. The van der Waals surface area contributed by atoms with Crippen LogP contribution < -0.4 is 10.2 Å². The van der Waals surface area contributed by atoms with Crippen LogP contribution in [0.1, 0.15) is 0 Å². The third-order valence-corrected chi connectivity index (χ3v) is 2.42. The van der Waals surface area contributed by atoms with Crippen molar-refractivity contribution in [2.75, 3.05) is 27.1 Å². The van der Waals surface area contributed by atoms with E-state index < -0.39 is 0 Å². The summed E-state index contributed by atoms with van der Waals surface area (Å²) in [6.45, 7) is 1.36. The van der Waals surface area contributed by atoms with Crippen molar-refractivity contribution in [2.45, 2.75) is 0 Å². The number of halogens is 1. The van der Waals surface area contributed by atoms with E-state index in [2.05, 4.69) is 0 Å². The molecule has 1 fully saturated rings. The van der Waals surface area contributed by atoms with Crippen molar-refractivity contribution in [3.05, 3.63) is 23.2 Å². The lowest BCUT2D eigenvalue weighted by molar-refractivity contribution is 0.0517. The first-order valence-corrected chi connectivity index (χ1v) is 5.33. The summed E-state index contributed by atoms with van der Waals surface area (Å²) in [7, 11) is 1.19. The second kappa shape index (κ2) is 5.54. The highest BCUT2D eigenvalue weighted by atomic mass is 35.5. The molecular weight excluding hydrogens is 230 g/mol. The van der Waals surface area contributed by atoms with Gasteiger partial charge in [0.2, 0.25) is 0 Å². The van der Waals surface area contributed by atoms with Crippen LogP contribution in [0.25, 0.3) is 0 Å². The normalized spacial score (nSPS) is 15.5. The van der Waals surface area contributed by atoms with E-state index in [9.17, 15) is 0 Å². The van der Waals surface area contributed by atoms with Crippen molar-refractivity contribution < 1.29 is 18.8 Å². The Morgan fingerprint density at radius 1 is 1.38 bits per heavy atom. The minimum atomic E-state index is -0.371. The van der Waals surface area contributed by atoms with Gasteiger partial charge in [-0.05, 0) is 12.1 Å². The minimum absolute atomic E-state index is 0.167. The summed E-state index contributed by atoms with van der Waals surface area (Å²) < 4.78 is 21.1.